The van der Waals surface area contributed by atoms with Gasteiger partial charge in [0.05, 0.1) is 12.0 Å². The second kappa shape index (κ2) is 6.18. The third-order valence-corrected chi connectivity index (χ3v) is 3.85. The predicted octanol–water partition coefficient (Wildman–Crippen LogP) is 0.945. The summed E-state index contributed by atoms with van der Waals surface area (Å²) in [6.45, 7) is 8.03. The van der Waals surface area contributed by atoms with Gasteiger partial charge < -0.3 is 10.4 Å². The molecule has 0 aromatic carbocycles. The van der Waals surface area contributed by atoms with Gasteiger partial charge in [-0.2, -0.15) is 0 Å². The quantitative estimate of drug-likeness (QED) is 0.742. The number of carbonyl (C=O) groups is 2. The number of carboxylic acid groups (broad SMARTS) is 1. The summed E-state index contributed by atoms with van der Waals surface area (Å²) in [5.41, 5.74) is -0.689. The second-order valence-corrected chi connectivity index (χ2v) is 5.43. The fourth-order valence-electron chi connectivity index (χ4n) is 2.47. The first-order chi connectivity index (χ1) is 8.42. The van der Waals surface area contributed by atoms with Crippen LogP contribution < -0.4 is 5.32 Å². The minimum Gasteiger partial charge on any atom is -0.481 e. The van der Waals surface area contributed by atoms with E-state index >= 15 is 0 Å². The Balaban J connectivity index is 2.54. The van der Waals surface area contributed by atoms with Gasteiger partial charge in [-0.1, -0.05) is 20.8 Å². The average molecular weight is 256 g/mol. The van der Waals surface area contributed by atoms with Gasteiger partial charge in [0.15, 0.2) is 0 Å². The van der Waals surface area contributed by atoms with Crippen molar-refractivity contribution >= 4 is 11.9 Å². The van der Waals surface area contributed by atoms with Crippen molar-refractivity contribution in [2.24, 2.45) is 11.3 Å². The van der Waals surface area contributed by atoms with Gasteiger partial charge in [-0.15, -0.1) is 0 Å². The number of hydrogen-bond acceptors (Lipinski definition) is 3. The monoisotopic (exact) mass is 256 g/mol. The smallest absolute Gasteiger partial charge is 0.311 e. The van der Waals surface area contributed by atoms with Gasteiger partial charge in [0.2, 0.25) is 5.91 Å². The zero-order valence-electron chi connectivity index (χ0n) is 11.5. The van der Waals surface area contributed by atoms with E-state index in [4.69, 9.17) is 0 Å². The molecule has 2 N–H and O–H groups in total. The van der Waals surface area contributed by atoms with Gasteiger partial charge >= 0.3 is 5.97 Å². The van der Waals surface area contributed by atoms with E-state index in [0.717, 1.165) is 6.42 Å². The van der Waals surface area contributed by atoms with Crippen LogP contribution in [-0.4, -0.2) is 48.1 Å². The van der Waals surface area contributed by atoms with Crippen LogP contribution >= 0.6 is 0 Å². The average Bonchev–Trinajstić information content (AvgIpc) is 2.71. The van der Waals surface area contributed by atoms with Crippen LogP contribution in [0.3, 0.4) is 0 Å². The number of amides is 1. The van der Waals surface area contributed by atoms with E-state index in [9.17, 15) is 14.7 Å². The Labute approximate surface area is 109 Å². The van der Waals surface area contributed by atoms with Crippen molar-refractivity contribution in [1.82, 2.24) is 10.2 Å². The minimum absolute atomic E-state index is 0.0122. The summed E-state index contributed by atoms with van der Waals surface area (Å²) in [6.07, 6.45) is 1.54. The third-order valence-electron chi connectivity index (χ3n) is 3.85. The molecule has 1 amide bonds. The van der Waals surface area contributed by atoms with E-state index in [1.54, 1.807) is 0 Å². The Bertz CT molecular complexity index is 317. The lowest BCUT2D eigenvalue weighted by molar-refractivity contribution is -0.151. The van der Waals surface area contributed by atoms with E-state index in [0.29, 0.717) is 32.6 Å². The molecular weight excluding hydrogens is 232 g/mol. The van der Waals surface area contributed by atoms with Crippen molar-refractivity contribution in [1.29, 1.82) is 0 Å². The SMILES string of the molecule is CCCNC(=O)CN1CCC(C(=O)O)(C(C)C)C1. The highest BCUT2D eigenvalue weighted by Gasteiger charge is 2.47. The highest BCUT2D eigenvalue weighted by molar-refractivity contribution is 5.79. The molecule has 1 aliphatic heterocycles. The maximum absolute atomic E-state index is 11.6. The maximum atomic E-state index is 11.6. The molecule has 18 heavy (non-hydrogen) atoms. The number of likely N-dealkylation sites (tertiary alicyclic amines) is 1. The van der Waals surface area contributed by atoms with Crippen molar-refractivity contribution in [3.8, 4) is 0 Å². The van der Waals surface area contributed by atoms with Crippen LogP contribution in [0.5, 0.6) is 0 Å². The van der Waals surface area contributed by atoms with Crippen LogP contribution in [0.15, 0.2) is 0 Å². The molecule has 0 spiro atoms. The zero-order chi connectivity index (χ0) is 13.8. The number of carbonyl (C=O) groups excluding carboxylic acids is 1. The molecule has 0 bridgehead atoms. The predicted molar refractivity (Wildman–Crippen MR) is 69.3 cm³/mol. The lowest BCUT2D eigenvalue weighted by atomic mass is 9.76. The van der Waals surface area contributed by atoms with E-state index in [1.807, 2.05) is 25.7 Å². The fraction of sp³-hybridized carbons (Fsp3) is 0.846. The summed E-state index contributed by atoms with van der Waals surface area (Å²) in [7, 11) is 0. The molecule has 1 atom stereocenters. The van der Waals surface area contributed by atoms with E-state index in [-0.39, 0.29) is 11.8 Å². The largest absolute Gasteiger partial charge is 0.481 e. The fourth-order valence-corrected chi connectivity index (χ4v) is 2.47. The maximum Gasteiger partial charge on any atom is 0.311 e. The first-order valence-corrected chi connectivity index (χ1v) is 6.65. The number of aliphatic carboxylic acids is 1. The molecular formula is C13H24N2O3. The molecule has 1 rings (SSSR count). The zero-order valence-corrected chi connectivity index (χ0v) is 11.5. The van der Waals surface area contributed by atoms with Gasteiger partial charge in [-0.3, -0.25) is 14.5 Å². The number of nitrogens with one attached hydrogen (secondary N) is 1. The lowest BCUT2D eigenvalue weighted by Crippen LogP contribution is -2.42. The molecule has 0 aromatic rings. The normalized spacial score (nSPS) is 24.4. The highest BCUT2D eigenvalue weighted by atomic mass is 16.4. The summed E-state index contributed by atoms with van der Waals surface area (Å²) in [5.74, 6) is -0.672. The number of rotatable bonds is 6. The summed E-state index contributed by atoms with van der Waals surface area (Å²) >= 11 is 0. The third kappa shape index (κ3) is 3.22. The molecule has 1 fully saturated rings. The van der Waals surface area contributed by atoms with Crippen molar-refractivity contribution in [2.45, 2.75) is 33.6 Å². The Morgan fingerprint density at radius 2 is 2.11 bits per heavy atom. The van der Waals surface area contributed by atoms with Crippen LogP contribution in [0.1, 0.15) is 33.6 Å². The molecule has 0 aliphatic carbocycles. The van der Waals surface area contributed by atoms with Crippen molar-refractivity contribution in [2.75, 3.05) is 26.2 Å². The molecule has 1 unspecified atom stereocenters. The van der Waals surface area contributed by atoms with Gasteiger partial charge in [0.1, 0.15) is 0 Å². The Kier molecular flexibility index (Phi) is 5.14. The Morgan fingerprint density at radius 1 is 1.44 bits per heavy atom. The van der Waals surface area contributed by atoms with Gasteiger partial charge in [-0.25, -0.2) is 0 Å². The van der Waals surface area contributed by atoms with E-state index < -0.39 is 11.4 Å². The van der Waals surface area contributed by atoms with E-state index in [2.05, 4.69) is 5.32 Å². The van der Waals surface area contributed by atoms with Crippen LogP contribution in [0, 0.1) is 11.3 Å². The molecule has 5 heteroatoms. The van der Waals surface area contributed by atoms with Crippen LogP contribution in [0.4, 0.5) is 0 Å². The van der Waals surface area contributed by atoms with Crippen molar-refractivity contribution in [3.05, 3.63) is 0 Å². The minimum atomic E-state index is -0.742. The van der Waals surface area contributed by atoms with Crippen molar-refractivity contribution < 1.29 is 14.7 Å². The van der Waals surface area contributed by atoms with Crippen LogP contribution in [0.25, 0.3) is 0 Å². The molecule has 1 aliphatic rings. The number of carboxylic acids is 1. The summed E-state index contributed by atoms with van der Waals surface area (Å²) < 4.78 is 0. The molecule has 0 saturated carbocycles. The van der Waals surface area contributed by atoms with Gasteiger partial charge in [0, 0.05) is 13.1 Å². The highest BCUT2D eigenvalue weighted by Crippen LogP contribution is 2.37. The molecule has 1 saturated heterocycles. The first kappa shape index (κ1) is 15.0. The summed E-state index contributed by atoms with van der Waals surface area (Å²) in [5, 5.41) is 12.2. The molecule has 0 radical (unpaired) electrons. The second-order valence-electron chi connectivity index (χ2n) is 5.43. The van der Waals surface area contributed by atoms with Crippen LogP contribution in [0.2, 0.25) is 0 Å². The molecule has 0 aromatic heterocycles. The van der Waals surface area contributed by atoms with Crippen molar-refractivity contribution in [3.63, 3.8) is 0 Å². The molecule has 104 valence electrons. The standard InChI is InChI=1S/C13H24N2O3/c1-4-6-14-11(16)8-15-7-5-13(9-15,10(2)3)12(17)18/h10H,4-9H2,1-3H3,(H,14,16)(H,17,18). The summed E-state index contributed by atoms with van der Waals surface area (Å²) in [6, 6.07) is 0. The van der Waals surface area contributed by atoms with Crippen LogP contribution in [-0.2, 0) is 9.59 Å². The Morgan fingerprint density at radius 3 is 2.56 bits per heavy atom. The lowest BCUT2D eigenvalue weighted by Gasteiger charge is -2.28. The van der Waals surface area contributed by atoms with E-state index in [1.165, 1.54) is 0 Å². The molecule has 5 nitrogen and oxygen atoms in total. The Hall–Kier alpha value is -1.10. The number of hydrogen-bond donors (Lipinski definition) is 2. The summed E-state index contributed by atoms with van der Waals surface area (Å²) in [4.78, 5) is 25.0. The number of nitrogens with zero attached hydrogens (tertiary/aromatic N) is 1. The topological polar surface area (TPSA) is 69.6 Å². The first-order valence-electron chi connectivity index (χ1n) is 6.65. The van der Waals surface area contributed by atoms with Gasteiger partial charge in [-0.05, 0) is 25.3 Å². The van der Waals surface area contributed by atoms with Gasteiger partial charge in [0.25, 0.3) is 0 Å². The molecule has 1 heterocycles.